The fourth-order valence-corrected chi connectivity index (χ4v) is 1.81. The van der Waals surface area contributed by atoms with Gasteiger partial charge in [-0.1, -0.05) is 18.2 Å². The highest BCUT2D eigenvalue weighted by atomic mass is 19.1. The predicted octanol–water partition coefficient (Wildman–Crippen LogP) is 1.62. The van der Waals surface area contributed by atoms with Gasteiger partial charge in [-0.2, -0.15) is 5.10 Å². The number of aryl methyl sites for hydroxylation is 1. The van der Waals surface area contributed by atoms with Gasteiger partial charge in [-0.15, -0.1) is 0 Å². The van der Waals surface area contributed by atoms with Crippen molar-refractivity contribution in [3.63, 3.8) is 0 Å². The minimum atomic E-state index is -0.598. The molecular formula is C12H14FN3O. The van der Waals surface area contributed by atoms with Crippen LogP contribution in [0.25, 0.3) is 0 Å². The fraction of sp³-hybridized carbons (Fsp3) is 0.250. The zero-order valence-electron chi connectivity index (χ0n) is 9.72. The Balaban J connectivity index is 2.47. The van der Waals surface area contributed by atoms with Crippen LogP contribution in [0, 0.1) is 5.82 Å². The van der Waals surface area contributed by atoms with Crippen molar-refractivity contribution in [2.45, 2.75) is 6.04 Å². The van der Waals surface area contributed by atoms with Gasteiger partial charge >= 0.3 is 0 Å². The van der Waals surface area contributed by atoms with Gasteiger partial charge in [0.25, 0.3) is 0 Å². The first kappa shape index (κ1) is 11.6. The quantitative estimate of drug-likeness (QED) is 0.879. The largest absolute Gasteiger partial charge is 0.493 e. The fourth-order valence-electron chi connectivity index (χ4n) is 1.81. The van der Waals surface area contributed by atoms with Gasteiger partial charge in [-0.05, 0) is 6.07 Å². The molecule has 1 heterocycles. The monoisotopic (exact) mass is 235 g/mol. The van der Waals surface area contributed by atoms with E-state index < -0.39 is 6.04 Å². The topological polar surface area (TPSA) is 53.1 Å². The first-order valence-corrected chi connectivity index (χ1v) is 5.21. The molecule has 0 radical (unpaired) electrons. The summed E-state index contributed by atoms with van der Waals surface area (Å²) >= 11 is 0. The summed E-state index contributed by atoms with van der Waals surface area (Å²) in [6.07, 6.45) is 1.57. The second-order valence-electron chi connectivity index (χ2n) is 3.72. The van der Waals surface area contributed by atoms with E-state index in [0.717, 1.165) is 0 Å². The molecule has 2 rings (SSSR count). The number of aromatic nitrogens is 2. The van der Waals surface area contributed by atoms with Gasteiger partial charge in [0, 0.05) is 12.6 Å². The van der Waals surface area contributed by atoms with E-state index in [9.17, 15) is 4.39 Å². The van der Waals surface area contributed by atoms with Crippen LogP contribution >= 0.6 is 0 Å². The van der Waals surface area contributed by atoms with Crippen LogP contribution in [0.15, 0.2) is 30.5 Å². The normalized spacial score (nSPS) is 12.5. The average Bonchev–Trinajstić information content (AvgIpc) is 2.70. The SMILES string of the molecule is COc1cnn(C)c1C(N)c1ccccc1F. The second-order valence-corrected chi connectivity index (χ2v) is 3.72. The standard InChI is InChI=1S/C12H14FN3O/c1-16-12(10(17-2)7-15-16)11(14)8-5-3-4-6-9(8)13/h3-7,11H,14H2,1-2H3. The van der Waals surface area contributed by atoms with Crippen LogP contribution in [0.5, 0.6) is 5.75 Å². The van der Waals surface area contributed by atoms with Crippen LogP contribution in [-0.4, -0.2) is 16.9 Å². The Morgan fingerprint density at radius 1 is 1.41 bits per heavy atom. The van der Waals surface area contributed by atoms with E-state index in [-0.39, 0.29) is 5.82 Å². The van der Waals surface area contributed by atoms with Crippen LogP contribution in [0.2, 0.25) is 0 Å². The lowest BCUT2D eigenvalue weighted by Gasteiger charge is -2.14. The Labute approximate surface area is 98.8 Å². The Morgan fingerprint density at radius 2 is 2.12 bits per heavy atom. The highest BCUT2D eigenvalue weighted by Gasteiger charge is 2.20. The Hall–Kier alpha value is -1.88. The van der Waals surface area contributed by atoms with Crippen molar-refractivity contribution >= 4 is 0 Å². The molecule has 17 heavy (non-hydrogen) atoms. The Bertz CT molecular complexity index is 524. The molecule has 1 aromatic heterocycles. The number of nitrogens with two attached hydrogens (primary N) is 1. The number of ether oxygens (including phenoxy) is 1. The molecule has 0 bridgehead atoms. The lowest BCUT2D eigenvalue weighted by molar-refractivity contribution is 0.405. The number of rotatable bonds is 3. The molecule has 0 amide bonds. The molecule has 2 N–H and O–H groups in total. The maximum Gasteiger partial charge on any atom is 0.161 e. The van der Waals surface area contributed by atoms with Crippen molar-refractivity contribution in [1.82, 2.24) is 9.78 Å². The number of methoxy groups -OCH3 is 1. The molecule has 2 aromatic rings. The van der Waals surface area contributed by atoms with E-state index in [1.165, 1.54) is 13.2 Å². The molecule has 1 atom stereocenters. The van der Waals surface area contributed by atoms with Crippen molar-refractivity contribution in [1.29, 1.82) is 0 Å². The molecule has 0 aliphatic heterocycles. The lowest BCUT2D eigenvalue weighted by atomic mass is 10.0. The van der Waals surface area contributed by atoms with Crippen LogP contribution in [-0.2, 0) is 7.05 Å². The predicted molar refractivity (Wildman–Crippen MR) is 62.2 cm³/mol. The second kappa shape index (κ2) is 4.55. The number of hydrogen-bond donors (Lipinski definition) is 1. The smallest absolute Gasteiger partial charge is 0.161 e. The van der Waals surface area contributed by atoms with Crippen LogP contribution in [0.3, 0.4) is 0 Å². The highest BCUT2D eigenvalue weighted by molar-refractivity contribution is 5.36. The molecule has 90 valence electrons. The summed E-state index contributed by atoms with van der Waals surface area (Å²) in [7, 11) is 3.28. The molecule has 0 aliphatic rings. The first-order chi connectivity index (χ1) is 8.15. The van der Waals surface area contributed by atoms with E-state index >= 15 is 0 Å². The summed E-state index contributed by atoms with van der Waals surface area (Å²) in [5.41, 5.74) is 7.13. The van der Waals surface area contributed by atoms with Crippen molar-refractivity contribution in [3.05, 3.63) is 47.5 Å². The summed E-state index contributed by atoms with van der Waals surface area (Å²) in [6, 6.07) is 5.83. The number of halogens is 1. The molecule has 0 saturated carbocycles. The maximum absolute atomic E-state index is 13.6. The molecular weight excluding hydrogens is 221 g/mol. The molecule has 0 saturated heterocycles. The number of hydrogen-bond acceptors (Lipinski definition) is 3. The van der Waals surface area contributed by atoms with Gasteiger partial charge in [0.1, 0.15) is 11.5 Å². The van der Waals surface area contributed by atoms with E-state index in [4.69, 9.17) is 10.5 Å². The third kappa shape index (κ3) is 2.01. The number of nitrogens with zero attached hydrogens (tertiary/aromatic N) is 2. The van der Waals surface area contributed by atoms with E-state index in [0.29, 0.717) is 17.0 Å². The summed E-state index contributed by atoms with van der Waals surface area (Å²) < 4.78 is 20.4. The first-order valence-electron chi connectivity index (χ1n) is 5.21. The zero-order chi connectivity index (χ0) is 12.4. The zero-order valence-corrected chi connectivity index (χ0v) is 9.72. The van der Waals surface area contributed by atoms with E-state index in [1.807, 2.05) is 0 Å². The lowest BCUT2D eigenvalue weighted by Crippen LogP contribution is -2.18. The Morgan fingerprint density at radius 3 is 2.76 bits per heavy atom. The molecule has 0 aliphatic carbocycles. The van der Waals surface area contributed by atoms with Crippen molar-refractivity contribution in [3.8, 4) is 5.75 Å². The van der Waals surface area contributed by atoms with Gasteiger partial charge in [-0.25, -0.2) is 4.39 Å². The third-order valence-corrected chi connectivity index (χ3v) is 2.70. The van der Waals surface area contributed by atoms with Gasteiger partial charge in [0.2, 0.25) is 0 Å². The summed E-state index contributed by atoms with van der Waals surface area (Å²) in [4.78, 5) is 0. The number of benzene rings is 1. The van der Waals surface area contributed by atoms with Gasteiger partial charge in [-0.3, -0.25) is 4.68 Å². The minimum Gasteiger partial charge on any atom is -0.493 e. The highest BCUT2D eigenvalue weighted by Crippen LogP contribution is 2.28. The third-order valence-electron chi connectivity index (χ3n) is 2.70. The maximum atomic E-state index is 13.6. The molecule has 4 nitrogen and oxygen atoms in total. The molecule has 1 unspecified atom stereocenters. The van der Waals surface area contributed by atoms with Crippen LogP contribution in [0.1, 0.15) is 17.3 Å². The minimum absolute atomic E-state index is 0.330. The van der Waals surface area contributed by atoms with Crippen LogP contribution in [0.4, 0.5) is 4.39 Å². The van der Waals surface area contributed by atoms with Gasteiger partial charge in [0.15, 0.2) is 5.75 Å². The van der Waals surface area contributed by atoms with Crippen molar-refractivity contribution in [2.75, 3.05) is 7.11 Å². The van der Waals surface area contributed by atoms with E-state index in [1.54, 1.807) is 36.1 Å². The van der Waals surface area contributed by atoms with E-state index in [2.05, 4.69) is 5.10 Å². The summed E-state index contributed by atoms with van der Waals surface area (Å²) in [6.45, 7) is 0. The summed E-state index contributed by atoms with van der Waals surface area (Å²) in [5.74, 6) is 0.228. The molecule has 5 heteroatoms. The van der Waals surface area contributed by atoms with Crippen molar-refractivity contribution < 1.29 is 9.13 Å². The van der Waals surface area contributed by atoms with Crippen LogP contribution < -0.4 is 10.5 Å². The average molecular weight is 235 g/mol. The molecule has 0 fully saturated rings. The van der Waals surface area contributed by atoms with Gasteiger partial charge < -0.3 is 10.5 Å². The van der Waals surface area contributed by atoms with Gasteiger partial charge in [0.05, 0.1) is 19.3 Å². The molecule has 0 spiro atoms. The van der Waals surface area contributed by atoms with Crippen molar-refractivity contribution in [2.24, 2.45) is 12.8 Å². The molecule has 1 aromatic carbocycles. The Kier molecular flexibility index (Phi) is 3.10. The summed E-state index contributed by atoms with van der Waals surface area (Å²) in [5, 5.41) is 4.05.